The number of aliphatic hydroxyl groups excluding tert-OH is 1. The van der Waals surface area contributed by atoms with Gasteiger partial charge in [0, 0.05) is 7.11 Å². The Morgan fingerprint density at radius 3 is 1.65 bits per heavy atom. The molecule has 1 aliphatic rings. The van der Waals surface area contributed by atoms with Gasteiger partial charge in [-0.2, -0.15) is 0 Å². The molecule has 0 saturated carbocycles. The van der Waals surface area contributed by atoms with Crippen LogP contribution >= 0.6 is 0 Å². The van der Waals surface area contributed by atoms with E-state index >= 15 is 0 Å². The average Bonchev–Trinajstić information content (AvgIpc) is 2.89. The number of hydrogen-bond acceptors (Lipinski definition) is 6. The first kappa shape index (κ1) is 24.5. The molecule has 34 heavy (non-hydrogen) atoms. The van der Waals surface area contributed by atoms with Gasteiger partial charge in [-0.3, -0.25) is 0 Å². The average molecular weight is 465 g/mol. The Morgan fingerprint density at radius 1 is 0.676 bits per heavy atom. The van der Waals surface area contributed by atoms with Gasteiger partial charge in [-0.05, 0) is 16.7 Å². The van der Waals surface area contributed by atoms with Gasteiger partial charge in [0.15, 0.2) is 6.29 Å². The summed E-state index contributed by atoms with van der Waals surface area (Å²) in [5.41, 5.74) is 3.08. The van der Waals surface area contributed by atoms with E-state index < -0.39 is 30.7 Å². The van der Waals surface area contributed by atoms with Crippen molar-refractivity contribution in [2.24, 2.45) is 0 Å². The van der Waals surface area contributed by atoms with Gasteiger partial charge < -0.3 is 28.8 Å². The van der Waals surface area contributed by atoms with Gasteiger partial charge in [-0.1, -0.05) is 91.0 Å². The predicted octanol–water partition coefficient (Wildman–Crippen LogP) is 4.11. The second-order valence-corrected chi connectivity index (χ2v) is 8.29. The molecule has 1 N–H and O–H groups in total. The van der Waals surface area contributed by atoms with Crippen molar-refractivity contribution in [3.8, 4) is 0 Å². The lowest BCUT2D eigenvalue weighted by atomic mass is 9.98. The minimum atomic E-state index is -0.952. The second kappa shape index (κ2) is 12.8. The molecule has 0 radical (unpaired) electrons. The predicted molar refractivity (Wildman–Crippen MR) is 128 cm³/mol. The Balaban J connectivity index is 1.44. The molecular weight excluding hydrogens is 432 g/mol. The Kier molecular flexibility index (Phi) is 9.21. The third-order valence-corrected chi connectivity index (χ3v) is 5.82. The standard InChI is InChI=1S/C28H32O6/c1-30-28-27(33-19-23-15-9-4-10-16-23)26(32-18-22-13-7-3-8-14-22)25(29)24(34-28)20-31-17-21-11-5-2-6-12-21/h2-16,24-29H,17-20H2,1H3. The number of aliphatic hydroxyl groups is 1. The van der Waals surface area contributed by atoms with Crippen LogP contribution in [-0.2, 0) is 43.5 Å². The largest absolute Gasteiger partial charge is 0.387 e. The molecule has 1 saturated heterocycles. The third kappa shape index (κ3) is 6.73. The monoisotopic (exact) mass is 464 g/mol. The zero-order valence-corrected chi connectivity index (χ0v) is 19.4. The van der Waals surface area contributed by atoms with Crippen molar-refractivity contribution in [1.29, 1.82) is 0 Å². The highest BCUT2D eigenvalue weighted by Crippen LogP contribution is 2.28. The van der Waals surface area contributed by atoms with Crippen molar-refractivity contribution in [2.75, 3.05) is 13.7 Å². The Labute approximate surface area is 201 Å². The van der Waals surface area contributed by atoms with Gasteiger partial charge in [0.05, 0.1) is 26.4 Å². The minimum Gasteiger partial charge on any atom is -0.387 e. The number of methoxy groups -OCH3 is 1. The summed E-state index contributed by atoms with van der Waals surface area (Å²) in [6.07, 6.45) is -3.56. The summed E-state index contributed by atoms with van der Waals surface area (Å²) in [4.78, 5) is 0. The van der Waals surface area contributed by atoms with Crippen LogP contribution in [0.4, 0.5) is 0 Å². The molecule has 0 aromatic heterocycles. The molecule has 5 atom stereocenters. The fraction of sp³-hybridized carbons (Fsp3) is 0.357. The molecule has 1 fully saturated rings. The van der Waals surface area contributed by atoms with Gasteiger partial charge in [0.25, 0.3) is 0 Å². The molecule has 0 amide bonds. The number of benzene rings is 3. The maximum atomic E-state index is 11.2. The molecule has 3 aromatic rings. The van der Waals surface area contributed by atoms with Crippen LogP contribution in [0.3, 0.4) is 0 Å². The van der Waals surface area contributed by atoms with Gasteiger partial charge >= 0.3 is 0 Å². The molecule has 180 valence electrons. The quantitative estimate of drug-likeness (QED) is 0.461. The van der Waals surface area contributed by atoms with Crippen molar-refractivity contribution >= 4 is 0 Å². The SMILES string of the molecule is COC1OC(COCc2ccccc2)C(O)C(OCc2ccccc2)C1OCc1ccccc1. The molecule has 6 heteroatoms. The second-order valence-electron chi connectivity index (χ2n) is 8.29. The van der Waals surface area contributed by atoms with E-state index in [0.29, 0.717) is 19.8 Å². The highest BCUT2D eigenvalue weighted by Gasteiger charge is 2.47. The summed E-state index contributed by atoms with van der Waals surface area (Å²) in [7, 11) is 1.57. The summed E-state index contributed by atoms with van der Waals surface area (Å²) in [6, 6.07) is 29.6. The third-order valence-electron chi connectivity index (χ3n) is 5.82. The summed E-state index contributed by atoms with van der Waals surface area (Å²) < 4.78 is 30.0. The highest BCUT2D eigenvalue weighted by molar-refractivity contribution is 5.15. The highest BCUT2D eigenvalue weighted by atomic mass is 16.7. The van der Waals surface area contributed by atoms with E-state index in [2.05, 4.69) is 0 Å². The summed E-state index contributed by atoms with van der Waals surface area (Å²) in [6.45, 7) is 1.31. The summed E-state index contributed by atoms with van der Waals surface area (Å²) in [5, 5.41) is 11.2. The zero-order valence-electron chi connectivity index (χ0n) is 19.4. The van der Waals surface area contributed by atoms with E-state index in [1.165, 1.54) is 0 Å². The molecule has 1 heterocycles. The van der Waals surface area contributed by atoms with Crippen LogP contribution in [0.25, 0.3) is 0 Å². The normalized spacial score (nSPS) is 24.7. The zero-order chi connectivity index (χ0) is 23.6. The molecule has 0 bridgehead atoms. The first-order chi connectivity index (χ1) is 16.7. The molecule has 6 nitrogen and oxygen atoms in total. The smallest absolute Gasteiger partial charge is 0.186 e. The number of hydrogen-bond donors (Lipinski definition) is 1. The maximum Gasteiger partial charge on any atom is 0.186 e. The molecule has 5 unspecified atom stereocenters. The fourth-order valence-corrected chi connectivity index (χ4v) is 3.99. The summed E-state index contributed by atoms with van der Waals surface area (Å²) >= 11 is 0. The van der Waals surface area contributed by atoms with Gasteiger partial charge in [-0.25, -0.2) is 0 Å². The van der Waals surface area contributed by atoms with Crippen LogP contribution in [0, 0.1) is 0 Å². The van der Waals surface area contributed by atoms with Crippen molar-refractivity contribution in [3.63, 3.8) is 0 Å². The van der Waals surface area contributed by atoms with Gasteiger partial charge in [0.1, 0.15) is 24.4 Å². The summed E-state index contributed by atoms with van der Waals surface area (Å²) in [5.74, 6) is 0. The van der Waals surface area contributed by atoms with Gasteiger partial charge in [-0.15, -0.1) is 0 Å². The minimum absolute atomic E-state index is 0.201. The van der Waals surface area contributed by atoms with E-state index in [0.717, 1.165) is 16.7 Å². The number of rotatable bonds is 11. The van der Waals surface area contributed by atoms with Crippen LogP contribution in [0.15, 0.2) is 91.0 Å². The Morgan fingerprint density at radius 2 is 1.15 bits per heavy atom. The van der Waals surface area contributed by atoms with Crippen molar-refractivity contribution in [1.82, 2.24) is 0 Å². The molecule has 0 spiro atoms. The first-order valence-electron chi connectivity index (χ1n) is 11.5. The van der Waals surface area contributed by atoms with E-state index in [-0.39, 0.29) is 6.61 Å². The lowest BCUT2D eigenvalue weighted by Crippen LogP contribution is -2.60. The fourth-order valence-electron chi connectivity index (χ4n) is 3.99. The van der Waals surface area contributed by atoms with Crippen molar-refractivity contribution in [3.05, 3.63) is 108 Å². The number of ether oxygens (including phenoxy) is 5. The lowest BCUT2D eigenvalue weighted by molar-refractivity contribution is -0.315. The van der Waals surface area contributed by atoms with Crippen LogP contribution < -0.4 is 0 Å². The molecule has 1 aliphatic heterocycles. The van der Waals surface area contributed by atoms with E-state index in [1.807, 2.05) is 91.0 Å². The topological polar surface area (TPSA) is 66.4 Å². The van der Waals surface area contributed by atoms with Crippen LogP contribution in [0.2, 0.25) is 0 Å². The Bertz CT molecular complexity index is 952. The van der Waals surface area contributed by atoms with Crippen LogP contribution in [0.1, 0.15) is 16.7 Å². The maximum absolute atomic E-state index is 11.2. The van der Waals surface area contributed by atoms with Crippen molar-refractivity contribution < 1.29 is 28.8 Å². The van der Waals surface area contributed by atoms with E-state index in [9.17, 15) is 5.11 Å². The molecule has 4 rings (SSSR count). The van der Waals surface area contributed by atoms with E-state index in [1.54, 1.807) is 7.11 Å². The molecule has 3 aromatic carbocycles. The molecular formula is C28H32O6. The van der Waals surface area contributed by atoms with Crippen LogP contribution in [0.5, 0.6) is 0 Å². The van der Waals surface area contributed by atoms with E-state index in [4.69, 9.17) is 23.7 Å². The molecule has 0 aliphatic carbocycles. The first-order valence-corrected chi connectivity index (χ1v) is 11.5. The van der Waals surface area contributed by atoms with Crippen molar-refractivity contribution in [2.45, 2.75) is 50.5 Å². The lowest BCUT2D eigenvalue weighted by Gasteiger charge is -2.43. The van der Waals surface area contributed by atoms with Gasteiger partial charge in [0.2, 0.25) is 0 Å². The Hall–Kier alpha value is -2.58. The van der Waals surface area contributed by atoms with Crippen LogP contribution in [-0.4, -0.2) is 49.5 Å².